The molecule has 4 rings (SSSR count). The van der Waals surface area contributed by atoms with E-state index in [0.717, 1.165) is 11.6 Å². The quantitative estimate of drug-likeness (QED) is 0.515. The number of fused-ring (bicyclic) bond motifs is 2. The average Bonchev–Trinajstić information content (AvgIpc) is 2.60. The van der Waals surface area contributed by atoms with Gasteiger partial charge in [-0.2, -0.15) is 13.2 Å². The molecule has 0 fully saturated rings. The molecule has 25 heavy (non-hydrogen) atoms. The summed E-state index contributed by atoms with van der Waals surface area (Å²) in [5.41, 5.74) is 0.645. The lowest BCUT2D eigenvalue weighted by molar-refractivity contribution is -0.140. The predicted octanol–water partition coefficient (Wildman–Crippen LogP) is 4.99. The van der Waals surface area contributed by atoms with Gasteiger partial charge < -0.3 is 4.74 Å². The molecule has 0 saturated carbocycles. The molecule has 0 radical (unpaired) electrons. The first-order valence-corrected chi connectivity index (χ1v) is 7.37. The predicted molar refractivity (Wildman–Crippen MR) is 86.4 cm³/mol. The number of para-hydroxylation sites is 2. The molecule has 0 aliphatic rings. The summed E-state index contributed by atoms with van der Waals surface area (Å²) in [5, 5.41) is 0.588. The molecule has 0 saturated heterocycles. The molecule has 7 heteroatoms. The Morgan fingerprint density at radius 1 is 0.800 bits per heavy atom. The normalized spacial score (nSPS) is 11.8. The number of alkyl halides is 3. The summed E-state index contributed by atoms with van der Waals surface area (Å²) in [7, 11) is 0. The van der Waals surface area contributed by atoms with Crippen LogP contribution < -0.4 is 4.74 Å². The Morgan fingerprint density at radius 2 is 1.56 bits per heavy atom. The third-order valence-electron chi connectivity index (χ3n) is 3.60. The van der Waals surface area contributed by atoms with Gasteiger partial charge in [-0.1, -0.05) is 18.2 Å². The Morgan fingerprint density at radius 3 is 2.36 bits per heavy atom. The van der Waals surface area contributed by atoms with E-state index >= 15 is 0 Å². The molecule has 0 amide bonds. The fraction of sp³-hybridized carbons (Fsp3) is 0.0556. The summed E-state index contributed by atoms with van der Waals surface area (Å²) < 4.78 is 44.0. The first kappa shape index (κ1) is 15.3. The number of halogens is 3. The molecule has 0 spiro atoms. The van der Waals surface area contributed by atoms with Gasteiger partial charge in [0.2, 0.25) is 5.88 Å². The Hall–Kier alpha value is -3.22. The zero-order chi connectivity index (χ0) is 17.4. The fourth-order valence-corrected chi connectivity index (χ4v) is 2.43. The molecular formula is C18H10F3N3O. The van der Waals surface area contributed by atoms with Gasteiger partial charge in [0.05, 0.1) is 22.7 Å². The van der Waals surface area contributed by atoms with Crippen LogP contribution in [0.25, 0.3) is 21.9 Å². The number of rotatable bonds is 2. The fourth-order valence-electron chi connectivity index (χ4n) is 2.43. The van der Waals surface area contributed by atoms with Crippen molar-refractivity contribution in [2.75, 3.05) is 0 Å². The number of nitrogens with zero attached hydrogens (tertiary/aromatic N) is 3. The third-order valence-corrected chi connectivity index (χ3v) is 3.60. The second-order valence-electron chi connectivity index (χ2n) is 5.35. The van der Waals surface area contributed by atoms with Gasteiger partial charge in [0.25, 0.3) is 0 Å². The van der Waals surface area contributed by atoms with Gasteiger partial charge in [-0.05, 0) is 30.3 Å². The van der Waals surface area contributed by atoms with Gasteiger partial charge in [0.1, 0.15) is 11.4 Å². The van der Waals surface area contributed by atoms with Crippen molar-refractivity contribution < 1.29 is 17.9 Å². The molecular weight excluding hydrogens is 331 g/mol. The molecule has 0 N–H and O–H groups in total. The van der Waals surface area contributed by atoms with Gasteiger partial charge in [-0.25, -0.2) is 15.0 Å². The highest BCUT2D eigenvalue weighted by molar-refractivity contribution is 5.80. The van der Waals surface area contributed by atoms with Crippen LogP contribution in [-0.4, -0.2) is 15.0 Å². The van der Waals surface area contributed by atoms with E-state index in [0.29, 0.717) is 16.7 Å². The molecule has 0 atom stereocenters. The highest BCUT2D eigenvalue weighted by Gasteiger charge is 2.32. The van der Waals surface area contributed by atoms with E-state index < -0.39 is 11.9 Å². The first-order chi connectivity index (χ1) is 12.0. The van der Waals surface area contributed by atoms with Crippen molar-refractivity contribution in [3.05, 3.63) is 66.5 Å². The van der Waals surface area contributed by atoms with Gasteiger partial charge >= 0.3 is 6.18 Å². The number of pyridine rings is 1. The van der Waals surface area contributed by atoms with Crippen LogP contribution in [0.3, 0.4) is 0 Å². The van der Waals surface area contributed by atoms with E-state index in [9.17, 15) is 13.2 Å². The maximum Gasteiger partial charge on any atom is 0.433 e. The average molecular weight is 341 g/mol. The van der Waals surface area contributed by atoms with Crippen LogP contribution in [-0.2, 0) is 6.18 Å². The van der Waals surface area contributed by atoms with Crippen molar-refractivity contribution in [2.45, 2.75) is 6.18 Å². The van der Waals surface area contributed by atoms with Crippen LogP contribution in [0.1, 0.15) is 5.69 Å². The molecule has 0 aliphatic carbocycles. The molecule has 4 aromatic rings. The van der Waals surface area contributed by atoms with Crippen molar-refractivity contribution in [2.24, 2.45) is 0 Å². The van der Waals surface area contributed by atoms with Crippen molar-refractivity contribution in [3.63, 3.8) is 0 Å². The summed E-state index contributed by atoms with van der Waals surface area (Å²) in [4.78, 5) is 12.2. The number of ether oxygens (including phenoxy) is 1. The smallest absolute Gasteiger partial charge is 0.433 e. The second kappa shape index (κ2) is 5.70. The first-order valence-electron chi connectivity index (χ1n) is 7.37. The molecule has 0 unspecified atom stereocenters. The molecule has 0 aliphatic heterocycles. The standard InChI is InChI=1S/C18H10F3N3O/c19-18(20,21)16-8-6-11-5-7-12(9-15(11)23-16)25-17-10-22-13-3-1-2-4-14(13)24-17/h1-10H. The van der Waals surface area contributed by atoms with E-state index in [1.54, 1.807) is 18.2 Å². The van der Waals surface area contributed by atoms with E-state index in [1.807, 2.05) is 18.2 Å². The summed E-state index contributed by atoms with van der Waals surface area (Å²) >= 11 is 0. The van der Waals surface area contributed by atoms with Crippen LogP contribution in [0.5, 0.6) is 11.6 Å². The van der Waals surface area contributed by atoms with Crippen molar-refractivity contribution in [1.82, 2.24) is 15.0 Å². The van der Waals surface area contributed by atoms with Crippen LogP contribution in [0.15, 0.2) is 60.8 Å². The monoisotopic (exact) mass is 341 g/mol. The zero-order valence-corrected chi connectivity index (χ0v) is 12.7. The largest absolute Gasteiger partial charge is 0.437 e. The Balaban J connectivity index is 1.70. The molecule has 2 aromatic heterocycles. The number of hydrogen-bond acceptors (Lipinski definition) is 4. The van der Waals surface area contributed by atoms with Crippen LogP contribution in [0.2, 0.25) is 0 Å². The minimum absolute atomic E-state index is 0.195. The van der Waals surface area contributed by atoms with Gasteiger partial charge in [0, 0.05) is 11.5 Å². The Kier molecular flexibility index (Phi) is 3.49. The lowest BCUT2D eigenvalue weighted by Crippen LogP contribution is -2.07. The lowest BCUT2D eigenvalue weighted by Gasteiger charge is -2.09. The van der Waals surface area contributed by atoms with Crippen molar-refractivity contribution >= 4 is 21.9 Å². The lowest BCUT2D eigenvalue weighted by atomic mass is 10.2. The highest BCUT2D eigenvalue weighted by atomic mass is 19.4. The highest BCUT2D eigenvalue weighted by Crippen LogP contribution is 2.30. The number of benzene rings is 2. The third kappa shape index (κ3) is 3.08. The van der Waals surface area contributed by atoms with Crippen molar-refractivity contribution in [3.8, 4) is 11.6 Å². The molecule has 0 bridgehead atoms. The van der Waals surface area contributed by atoms with E-state index in [-0.39, 0.29) is 11.4 Å². The van der Waals surface area contributed by atoms with Gasteiger partial charge in [-0.15, -0.1) is 0 Å². The van der Waals surface area contributed by atoms with Crippen LogP contribution in [0, 0.1) is 0 Å². The molecule has 124 valence electrons. The summed E-state index contributed by atoms with van der Waals surface area (Å²) in [5.74, 6) is 0.592. The summed E-state index contributed by atoms with van der Waals surface area (Å²) in [6, 6.07) is 14.4. The molecule has 2 aromatic carbocycles. The SMILES string of the molecule is FC(F)(F)c1ccc2ccc(Oc3cnc4ccccc4n3)cc2n1. The zero-order valence-electron chi connectivity index (χ0n) is 12.7. The van der Waals surface area contributed by atoms with Crippen molar-refractivity contribution in [1.29, 1.82) is 0 Å². The van der Waals surface area contributed by atoms with E-state index in [2.05, 4.69) is 15.0 Å². The Bertz CT molecular complexity index is 1080. The van der Waals surface area contributed by atoms with Crippen LogP contribution >= 0.6 is 0 Å². The minimum atomic E-state index is -4.49. The number of hydrogen-bond donors (Lipinski definition) is 0. The Labute approximate surface area is 139 Å². The summed E-state index contributed by atoms with van der Waals surface area (Å²) in [6.45, 7) is 0. The van der Waals surface area contributed by atoms with E-state index in [4.69, 9.17) is 4.74 Å². The topological polar surface area (TPSA) is 47.9 Å². The maximum absolute atomic E-state index is 12.8. The second-order valence-corrected chi connectivity index (χ2v) is 5.35. The van der Waals surface area contributed by atoms with Crippen LogP contribution in [0.4, 0.5) is 13.2 Å². The van der Waals surface area contributed by atoms with E-state index in [1.165, 1.54) is 18.3 Å². The summed E-state index contributed by atoms with van der Waals surface area (Å²) in [6.07, 6.45) is -3.03. The molecule has 2 heterocycles. The molecule has 4 nitrogen and oxygen atoms in total. The van der Waals surface area contributed by atoms with Gasteiger partial charge in [0.15, 0.2) is 0 Å². The van der Waals surface area contributed by atoms with Gasteiger partial charge in [-0.3, -0.25) is 0 Å². The maximum atomic E-state index is 12.8. The number of aromatic nitrogens is 3. The minimum Gasteiger partial charge on any atom is -0.437 e.